The Balaban J connectivity index is 3.07. The van der Waals surface area contributed by atoms with Gasteiger partial charge in [0.1, 0.15) is 5.76 Å². The van der Waals surface area contributed by atoms with Gasteiger partial charge < -0.3 is 4.74 Å². The molecule has 1 nitrogen and oxygen atoms in total. The molecule has 7 heteroatoms. The zero-order valence-electron chi connectivity index (χ0n) is 9.04. The van der Waals surface area contributed by atoms with Crippen LogP contribution in [-0.2, 0) is 4.74 Å². The highest BCUT2D eigenvalue weighted by Crippen LogP contribution is 2.42. The van der Waals surface area contributed by atoms with E-state index in [0.717, 1.165) is 12.2 Å². The lowest BCUT2D eigenvalue weighted by Crippen LogP contribution is -2.26. The molecule has 0 amide bonds. The summed E-state index contributed by atoms with van der Waals surface area (Å²) in [4.78, 5) is 0. The van der Waals surface area contributed by atoms with E-state index in [9.17, 15) is 26.3 Å². The zero-order chi connectivity index (χ0) is 13.5. The summed E-state index contributed by atoms with van der Waals surface area (Å²) in [5.41, 5.74) is -2.23. The molecule has 0 bridgehead atoms. The number of rotatable bonds is 1. The predicted molar refractivity (Wildman–Crippen MR) is 47.8 cm³/mol. The second-order valence-corrected chi connectivity index (χ2v) is 4.36. The molecule has 0 atom stereocenters. The first kappa shape index (κ1) is 13.9. The molecule has 0 aromatic heterocycles. The van der Waals surface area contributed by atoms with Crippen molar-refractivity contribution < 1.29 is 31.1 Å². The van der Waals surface area contributed by atoms with Crippen molar-refractivity contribution in [2.45, 2.75) is 32.8 Å². The van der Waals surface area contributed by atoms with Crippen molar-refractivity contribution in [1.82, 2.24) is 0 Å². The van der Waals surface area contributed by atoms with Crippen LogP contribution in [0.15, 0.2) is 23.5 Å². The lowest BCUT2D eigenvalue weighted by atomic mass is 9.82. The topological polar surface area (TPSA) is 9.23 Å². The molecule has 0 saturated carbocycles. The van der Waals surface area contributed by atoms with Crippen molar-refractivity contribution >= 4 is 0 Å². The maximum atomic E-state index is 12.6. The number of ether oxygens (including phenoxy) is 1. The first-order chi connectivity index (χ1) is 7.41. The number of halogens is 6. The van der Waals surface area contributed by atoms with Crippen molar-refractivity contribution in [3.05, 3.63) is 23.5 Å². The Morgan fingerprint density at radius 2 is 1.65 bits per heavy atom. The van der Waals surface area contributed by atoms with Gasteiger partial charge >= 0.3 is 12.5 Å². The van der Waals surface area contributed by atoms with Crippen LogP contribution in [0.4, 0.5) is 26.3 Å². The minimum absolute atomic E-state index is 0.0536. The van der Waals surface area contributed by atoms with Gasteiger partial charge in [0.25, 0.3) is 0 Å². The van der Waals surface area contributed by atoms with Gasteiger partial charge in [0.2, 0.25) is 0 Å². The van der Waals surface area contributed by atoms with Gasteiger partial charge in [0.05, 0.1) is 5.57 Å². The third-order valence-electron chi connectivity index (χ3n) is 2.15. The van der Waals surface area contributed by atoms with Gasteiger partial charge in [-0.25, -0.2) is 0 Å². The van der Waals surface area contributed by atoms with Crippen LogP contribution in [0.5, 0.6) is 0 Å². The lowest BCUT2D eigenvalue weighted by molar-refractivity contribution is -0.306. The molecule has 0 aromatic carbocycles. The Labute approximate surface area is 93.7 Å². The summed E-state index contributed by atoms with van der Waals surface area (Å²) in [5, 5.41) is 0. The van der Waals surface area contributed by atoms with Crippen molar-refractivity contribution in [3.8, 4) is 0 Å². The first-order valence-electron chi connectivity index (χ1n) is 4.67. The van der Waals surface area contributed by atoms with Gasteiger partial charge in [-0.3, -0.25) is 0 Å². The highest BCUT2D eigenvalue weighted by atomic mass is 19.4. The Morgan fingerprint density at radius 1 is 1.12 bits per heavy atom. The van der Waals surface area contributed by atoms with Gasteiger partial charge in [0, 0.05) is 0 Å². The average molecular weight is 260 g/mol. The van der Waals surface area contributed by atoms with Crippen LogP contribution in [0.25, 0.3) is 0 Å². The Morgan fingerprint density at radius 3 is 2.06 bits per heavy atom. The molecule has 1 rings (SSSR count). The van der Waals surface area contributed by atoms with Crippen molar-refractivity contribution in [1.29, 1.82) is 0 Å². The Bertz CT molecular complexity index is 358. The molecular weight excluding hydrogens is 250 g/mol. The zero-order valence-corrected chi connectivity index (χ0v) is 9.04. The van der Waals surface area contributed by atoms with Crippen LogP contribution in [-0.4, -0.2) is 12.5 Å². The fourth-order valence-corrected chi connectivity index (χ4v) is 1.43. The second-order valence-electron chi connectivity index (χ2n) is 4.36. The minimum Gasteiger partial charge on any atom is -0.406 e. The summed E-state index contributed by atoms with van der Waals surface area (Å²) in [6.07, 6.45) is -8.37. The van der Waals surface area contributed by atoms with Crippen LogP contribution in [0.3, 0.4) is 0 Å². The quantitative estimate of drug-likeness (QED) is 0.638. The van der Waals surface area contributed by atoms with Crippen molar-refractivity contribution in [2.75, 3.05) is 0 Å². The molecule has 0 spiro atoms. The monoisotopic (exact) mass is 260 g/mol. The van der Waals surface area contributed by atoms with E-state index < -0.39 is 29.3 Å². The second kappa shape index (κ2) is 3.96. The van der Waals surface area contributed by atoms with Gasteiger partial charge in [-0.05, 0) is 17.9 Å². The van der Waals surface area contributed by atoms with Crippen LogP contribution < -0.4 is 0 Å². The van der Waals surface area contributed by atoms with E-state index in [4.69, 9.17) is 0 Å². The largest absolute Gasteiger partial charge is 0.573 e. The van der Waals surface area contributed by atoms with Crippen molar-refractivity contribution in [3.63, 3.8) is 0 Å². The molecule has 0 unspecified atom stereocenters. The smallest absolute Gasteiger partial charge is 0.406 e. The molecule has 0 aliphatic heterocycles. The van der Waals surface area contributed by atoms with Gasteiger partial charge in [-0.1, -0.05) is 19.9 Å². The third kappa shape index (κ3) is 3.98. The first-order valence-corrected chi connectivity index (χ1v) is 4.67. The summed E-state index contributed by atoms with van der Waals surface area (Å²) in [6, 6.07) is 0. The third-order valence-corrected chi connectivity index (χ3v) is 2.15. The SMILES string of the molecule is CC1(C)C=C(C(F)(F)F)C(OC(F)(F)F)=CC1. The van der Waals surface area contributed by atoms with E-state index >= 15 is 0 Å². The molecule has 98 valence electrons. The lowest BCUT2D eigenvalue weighted by Gasteiger charge is -2.28. The van der Waals surface area contributed by atoms with Gasteiger partial charge in [-0.15, -0.1) is 13.2 Å². The van der Waals surface area contributed by atoms with E-state index in [-0.39, 0.29) is 6.42 Å². The standard InChI is InChI=1S/C10H10F6O/c1-8(2)4-3-7(17-10(14,15)16)6(5-8)9(11,12)13/h3,5H,4H2,1-2H3. The fraction of sp³-hybridized carbons (Fsp3) is 0.600. The summed E-state index contributed by atoms with van der Waals surface area (Å²) in [7, 11) is 0. The minimum atomic E-state index is -5.13. The van der Waals surface area contributed by atoms with E-state index in [1.807, 2.05) is 0 Å². The molecule has 0 fully saturated rings. The van der Waals surface area contributed by atoms with Crippen LogP contribution in [0.2, 0.25) is 0 Å². The van der Waals surface area contributed by atoms with E-state index in [2.05, 4.69) is 4.74 Å². The van der Waals surface area contributed by atoms with E-state index in [1.165, 1.54) is 13.8 Å². The summed E-state index contributed by atoms with van der Waals surface area (Å²) >= 11 is 0. The van der Waals surface area contributed by atoms with Crippen LogP contribution in [0, 0.1) is 5.41 Å². The molecule has 0 radical (unpaired) electrons. The molecule has 17 heavy (non-hydrogen) atoms. The molecule has 1 aliphatic rings. The molecule has 0 aromatic rings. The highest BCUT2D eigenvalue weighted by molar-refractivity contribution is 5.35. The fourth-order valence-electron chi connectivity index (χ4n) is 1.43. The normalized spacial score (nSPS) is 20.7. The summed E-state index contributed by atoms with van der Waals surface area (Å²) in [5.74, 6) is -1.18. The van der Waals surface area contributed by atoms with Gasteiger partial charge in [-0.2, -0.15) is 13.2 Å². The average Bonchev–Trinajstić information content (AvgIpc) is 2.04. The number of allylic oxidation sites excluding steroid dienone is 3. The number of alkyl halides is 6. The van der Waals surface area contributed by atoms with E-state index in [1.54, 1.807) is 0 Å². The predicted octanol–water partition coefficient (Wildman–Crippen LogP) is 4.33. The molecule has 0 saturated heterocycles. The molecule has 1 aliphatic carbocycles. The molecule has 0 N–H and O–H groups in total. The molecule has 0 heterocycles. The van der Waals surface area contributed by atoms with Crippen molar-refractivity contribution in [2.24, 2.45) is 5.41 Å². The summed E-state index contributed by atoms with van der Waals surface area (Å²) in [6.45, 7) is 3.00. The van der Waals surface area contributed by atoms with Gasteiger partial charge in [0.15, 0.2) is 0 Å². The maximum Gasteiger partial charge on any atom is 0.573 e. The highest BCUT2D eigenvalue weighted by Gasteiger charge is 2.44. The number of hydrogen-bond acceptors (Lipinski definition) is 1. The van der Waals surface area contributed by atoms with Crippen LogP contribution in [0.1, 0.15) is 20.3 Å². The number of hydrogen-bond donors (Lipinski definition) is 0. The maximum absolute atomic E-state index is 12.6. The van der Waals surface area contributed by atoms with E-state index in [0.29, 0.717) is 0 Å². The Kier molecular flexibility index (Phi) is 3.24. The van der Waals surface area contributed by atoms with Crippen LogP contribution >= 0.6 is 0 Å². The Hall–Kier alpha value is -1.14. The summed E-state index contributed by atoms with van der Waals surface area (Å²) < 4.78 is 76.9. The molecular formula is C10H10F6O.